The Morgan fingerprint density at radius 1 is 1.18 bits per heavy atom. The van der Waals surface area contributed by atoms with Gasteiger partial charge in [0, 0.05) is 11.1 Å². The number of fused-ring (bicyclic) bond motifs is 1. The molecule has 4 rings (SSSR count). The Hall–Kier alpha value is -3.06. The van der Waals surface area contributed by atoms with Crippen LogP contribution < -0.4 is 14.8 Å². The van der Waals surface area contributed by atoms with E-state index in [1.807, 2.05) is 43.3 Å². The molecule has 7 nitrogen and oxygen atoms in total. The Morgan fingerprint density at radius 3 is 2.71 bits per heavy atom. The molecule has 1 aliphatic heterocycles. The van der Waals surface area contributed by atoms with E-state index in [4.69, 9.17) is 21.1 Å². The average molecular weight is 399 g/mol. The van der Waals surface area contributed by atoms with Crippen LogP contribution in [0.25, 0.3) is 5.69 Å². The lowest BCUT2D eigenvalue weighted by atomic mass is 10.1. The first-order chi connectivity index (χ1) is 13.5. The number of benzene rings is 2. The molecule has 1 N–H and O–H groups in total. The highest BCUT2D eigenvalue weighted by atomic mass is 35.5. The SMILES string of the molecule is Cc1c(C(=O)N[C@H](C)c2ccccc2Cl)nnn1-c1ccc2c(c1)OCCO2. The van der Waals surface area contributed by atoms with E-state index in [1.165, 1.54) is 0 Å². The lowest BCUT2D eigenvalue weighted by Crippen LogP contribution is -2.27. The van der Waals surface area contributed by atoms with Gasteiger partial charge in [-0.25, -0.2) is 4.68 Å². The fourth-order valence-corrected chi connectivity index (χ4v) is 3.42. The van der Waals surface area contributed by atoms with E-state index in [2.05, 4.69) is 15.6 Å². The number of halogens is 1. The van der Waals surface area contributed by atoms with Gasteiger partial charge < -0.3 is 14.8 Å². The van der Waals surface area contributed by atoms with Crippen LogP contribution in [0.1, 0.15) is 34.7 Å². The fourth-order valence-electron chi connectivity index (χ4n) is 3.12. The number of hydrogen-bond acceptors (Lipinski definition) is 5. The van der Waals surface area contributed by atoms with Crippen molar-refractivity contribution >= 4 is 17.5 Å². The van der Waals surface area contributed by atoms with Crippen molar-refractivity contribution in [3.05, 3.63) is 64.4 Å². The monoisotopic (exact) mass is 398 g/mol. The van der Waals surface area contributed by atoms with Crippen LogP contribution in [0.3, 0.4) is 0 Å². The van der Waals surface area contributed by atoms with Crippen LogP contribution >= 0.6 is 11.6 Å². The summed E-state index contributed by atoms with van der Waals surface area (Å²) in [6.07, 6.45) is 0. The van der Waals surface area contributed by atoms with Crippen LogP contribution in [0.5, 0.6) is 11.5 Å². The molecule has 2 heterocycles. The van der Waals surface area contributed by atoms with Crippen molar-refractivity contribution in [1.29, 1.82) is 0 Å². The van der Waals surface area contributed by atoms with E-state index >= 15 is 0 Å². The van der Waals surface area contributed by atoms with Crippen molar-refractivity contribution in [2.75, 3.05) is 13.2 Å². The van der Waals surface area contributed by atoms with Crippen LogP contribution in [0, 0.1) is 6.92 Å². The Bertz CT molecular complexity index is 1030. The zero-order valence-electron chi connectivity index (χ0n) is 15.5. The maximum Gasteiger partial charge on any atom is 0.274 e. The van der Waals surface area contributed by atoms with Gasteiger partial charge in [0.1, 0.15) is 13.2 Å². The summed E-state index contributed by atoms with van der Waals surface area (Å²) in [6.45, 7) is 4.70. The molecule has 3 aromatic rings. The van der Waals surface area contributed by atoms with Crippen LogP contribution in [0.15, 0.2) is 42.5 Å². The number of nitrogens with zero attached hydrogens (tertiary/aromatic N) is 3. The van der Waals surface area contributed by atoms with Crippen molar-refractivity contribution in [2.45, 2.75) is 19.9 Å². The first kappa shape index (κ1) is 18.3. The normalized spacial score (nSPS) is 13.8. The predicted molar refractivity (Wildman–Crippen MR) is 104 cm³/mol. The molecular weight excluding hydrogens is 380 g/mol. The second kappa shape index (κ2) is 7.52. The molecule has 0 aliphatic carbocycles. The molecule has 0 bridgehead atoms. The molecular formula is C20H19ClN4O3. The average Bonchev–Trinajstić information content (AvgIpc) is 3.09. The molecule has 144 valence electrons. The van der Waals surface area contributed by atoms with E-state index < -0.39 is 0 Å². The van der Waals surface area contributed by atoms with Gasteiger partial charge in [-0.15, -0.1) is 5.10 Å². The molecule has 0 saturated carbocycles. The van der Waals surface area contributed by atoms with Gasteiger partial charge in [0.05, 0.1) is 17.4 Å². The molecule has 1 amide bonds. The standard InChI is InChI=1S/C20H19ClN4O3/c1-12(15-5-3-4-6-16(15)21)22-20(26)19-13(2)25(24-23-19)14-7-8-17-18(11-14)28-10-9-27-17/h3-8,11-12H,9-10H2,1-2H3,(H,22,26)/t12-/m1/s1. The van der Waals surface area contributed by atoms with E-state index in [0.717, 1.165) is 11.3 Å². The highest BCUT2D eigenvalue weighted by Crippen LogP contribution is 2.32. The minimum absolute atomic E-state index is 0.258. The van der Waals surface area contributed by atoms with E-state index in [1.54, 1.807) is 17.7 Å². The van der Waals surface area contributed by atoms with Gasteiger partial charge in [0.15, 0.2) is 17.2 Å². The van der Waals surface area contributed by atoms with Crippen molar-refractivity contribution < 1.29 is 14.3 Å². The van der Waals surface area contributed by atoms with Crippen LogP contribution in [-0.4, -0.2) is 34.1 Å². The van der Waals surface area contributed by atoms with Gasteiger partial charge in [-0.2, -0.15) is 0 Å². The smallest absolute Gasteiger partial charge is 0.274 e. The van der Waals surface area contributed by atoms with Gasteiger partial charge in [0.2, 0.25) is 0 Å². The van der Waals surface area contributed by atoms with E-state index in [0.29, 0.717) is 35.4 Å². The Labute approximate surface area is 167 Å². The molecule has 28 heavy (non-hydrogen) atoms. The largest absolute Gasteiger partial charge is 0.486 e. The third-order valence-electron chi connectivity index (χ3n) is 4.60. The fraction of sp³-hybridized carbons (Fsp3) is 0.250. The molecule has 0 unspecified atom stereocenters. The number of rotatable bonds is 4. The predicted octanol–water partition coefficient (Wildman–Crippen LogP) is 3.49. The third kappa shape index (κ3) is 3.41. The minimum atomic E-state index is -0.311. The van der Waals surface area contributed by atoms with Crippen molar-refractivity contribution in [3.8, 4) is 17.2 Å². The van der Waals surface area contributed by atoms with Crippen LogP contribution in [-0.2, 0) is 0 Å². The number of carbonyl (C=O) groups is 1. The Morgan fingerprint density at radius 2 is 1.93 bits per heavy atom. The van der Waals surface area contributed by atoms with E-state index in [9.17, 15) is 4.79 Å². The lowest BCUT2D eigenvalue weighted by molar-refractivity contribution is 0.0934. The molecule has 0 spiro atoms. The van der Waals surface area contributed by atoms with Gasteiger partial charge in [-0.1, -0.05) is 35.0 Å². The summed E-state index contributed by atoms with van der Waals surface area (Å²) in [5.41, 5.74) is 2.47. The number of amides is 1. The van der Waals surface area contributed by atoms with Gasteiger partial charge >= 0.3 is 0 Å². The molecule has 0 radical (unpaired) electrons. The van der Waals surface area contributed by atoms with Crippen molar-refractivity contribution in [3.63, 3.8) is 0 Å². The second-order valence-corrected chi connectivity index (χ2v) is 6.89. The second-order valence-electron chi connectivity index (χ2n) is 6.48. The molecule has 1 aliphatic rings. The summed E-state index contributed by atoms with van der Waals surface area (Å²) in [7, 11) is 0. The summed E-state index contributed by atoms with van der Waals surface area (Å²) in [5, 5.41) is 11.7. The summed E-state index contributed by atoms with van der Waals surface area (Å²) in [4.78, 5) is 12.7. The Kier molecular flexibility index (Phi) is 4.92. The zero-order valence-corrected chi connectivity index (χ0v) is 16.2. The maximum atomic E-state index is 12.7. The summed E-state index contributed by atoms with van der Waals surface area (Å²) < 4.78 is 12.8. The Balaban J connectivity index is 1.56. The van der Waals surface area contributed by atoms with E-state index in [-0.39, 0.29) is 17.6 Å². The van der Waals surface area contributed by atoms with Gasteiger partial charge in [-0.3, -0.25) is 4.79 Å². The maximum absolute atomic E-state index is 12.7. The highest BCUT2D eigenvalue weighted by molar-refractivity contribution is 6.31. The summed E-state index contributed by atoms with van der Waals surface area (Å²) >= 11 is 6.22. The molecule has 1 aromatic heterocycles. The number of hydrogen-bond donors (Lipinski definition) is 1. The molecule has 8 heteroatoms. The van der Waals surface area contributed by atoms with Crippen LogP contribution in [0.2, 0.25) is 5.02 Å². The first-order valence-electron chi connectivity index (χ1n) is 8.92. The van der Waals surface area contributed by atoms with Crippen molar-refractivity contribution in [2.24, 2.45) is 0 Å². The van der Waals surface area contributed by atoms with Crippen molar-refractivity contribution in [1.82, 2.24) is 20.3 Å². The first-order valence-corrected chi connectivity index (χ1v) is 9.30. The minimum Gasteiger partial charge on any atom is -0.486 e. The molecule has 0 fully saturated rings. The number of nitrogens with one attached hydrogen (secondary N) is 1. The summed E-state index contributed by atoms with van der Waals surface area (Å²) in [5.74, 6) is 1.03. The third-order valence-corrected chi connectivity index (χ3v) is 4.94. The topological polar surface area (TPSA) is 78.3 Å². The molecule has 2 aromatic carbocycles. The number of carbonyl (C=O) groups excluding carboxylic acids is 1. The quantitative estimate of drug-likeness (QED) is 0.727. The molecule has 0 saturated heterocycles. The summed E-state index contributed by atoms with van der Waals surface area (Å²) in [6, 6.07) is 12.6. The van der Waals surface area contributed by atoms with Gasteiger partial charge in [0.25, 0.3) is 5.91 Å². The van der Waals surface area contributed by atoms with Gasteiger partial charge in [-0.05, 0) is 37.6 Å². The number of aromatic nitrogens is 3. The number of ether oxygens (including phenoxy) is 2. The molecule has 1 atom stereocenters. The zero-order chi connectivity index (χ0) is 19.7. The lowest BCUT2D eigenvalue weighted by Gasteiger charge is -2.19. The highest BCUT2D eigenvalue weighted by Gasteiger charge is 2.21. The van der Waals surface area contributed by atoms with Crippen LogP contribution in [0.4, 0.5) is 0 Å².